The normalized spacial score (nSPS) is 11.0. The third-order valence-electron chi connectivity index (χ3n) is 3.21. The lowest BCUT2D eigenvalue weighted by Gasteiger charge is -2.04. The number of carbonyl (C=O) groups excluding carboxylic acids is 1. The van der Waals surface area contributed by atoms with Gasteiger partial charge in [-0.2, -0.15) is 0 Å². The van der Waals surface area contributed by atoms with E-state index in [1.165, 1.54) is 0 Å². The Morgan fingerprint density at radius 1 is 1.41 bits per heavy atom. The highest BCUT2D eigenvalue weighted by atomic mass is 32.1. The molecule has 0 bridgehead atoms. The fraction of sp³-hybridized carbons (Fsp3) is 0.267. The van der Waals surface area contributed by atoms with E-state index in [-0.39, 0.29) is 23.9 Å². The molecule has 0 saturated heterocycles. The molecule has 3 aromatic rings. The maximum atomic E-state index is 11.7. The molecular formula is C15H14N2O4S. The Morgan fingerprint density at radius 3 is 2.95 bits per heavy atom. The molecule has 0 aliphatic carbocycles. The summed E-state index contributed by atoms with van der Waals surface area (Å²) >= 11 is 1.13. The highest BCUT2D eigenvalue weighted by molar-refractivity contribution is 7.07. The fourth-order valence-corrected chi connectivity index (χ4v) is 2.83. The van der Waals surface area contributed by atoms with Gasteiger partial charge >= 0.3 is 10.8 Å². The maximum absolute atomic E-state index is 11.7. The van der Waals surface area contributed by atoms with Crippen LogP contribution in [0.5, 0.6) is 0 Å². The molecule has 6 nitrogen and oxygen atoms in total. The Hall–Kier alpha value is -2.41. The fourth-order valence-electron chi connectivity index (χ4n) is 2.07. The molecule has 0 fully saturated rings. The summed E-state index contributed by atoms with van der Waals surface area (Å²) in [6.07, 6.45) is 0.137. The number of carbonyl (C=O) groups is 1. The van der Waals surface area contributed by atoms with Gasteiger partial charge in [0.05, 0.1) is 6.42 Å². The lowest BCUT2D eigenvalue weighted by Crippen LogP contribution is -2.17. The number of para-hydroxylation sites is 2. The van der Waals surface area contributed by atoms with E-state index in [1.54, 1.807) is 16.0 Å². The summed E-state index contributed by atoms with van der Waals surface area (Å²) in [5.41, 5.74) is 2.24. The lowest BCUT2D eigenvalue weighted by molar-refractivity contribution is -0.145. The molecule has 22 heavy (non-hydrogen) atoms. The number of nitrogens with zero attached hydrogens (tertiary/aromatic N) is 2. The summed E-state index contributed by atoms with van der Waals surface area (Å²) in [4.78, 5) is 27.4. The van der Waals surface area contributed by atoms with Crippen LogP contribution in [0.3, 0.4) is 0 Å². The van der Waals surface area contributed by atoms with E-state index in [0.29, 0.717) is 18.0 Å². The van der Waals surface area contributed by atoms with Crippen molar-refractivity contribution in [3.8, 4) is 0 Å². The number of oxazole rings is 1. The summed E-state index contributed by atoms with van der Waals surface area (Å²) in [6.45, 7) is 2.15. The molecule has 0 radical (unpaired) electrons. The van der Waals surface area contributed by atoms with Gasteiger partial charge in [-0.05, 0) is 19.1 Å². The van der Waals surface area contributed by atoms with Crippen molar-refractivity contribution in [1.82, 2.24) is 9.55 Å². The first-order valence-electron chi connectivity index (χ1n) is 6.78. The van der Waals surface area contributed by atoms with E-state index in [9.17, 15) is 9.59 Å². The molecule has 7 heteroatoms. The van der Waals surface area contributed by atoms with Crippen molar-refractivity contribution in [2.24, 2.45) is 0 Å². The number of fused-ring (bicyclic) bond motifs is 1. The van der Waals surface area contributed by atoms with Gasteiger partial charge < -0.3 is 13.7 Å². The molecule has 0 unspecified atom stereocenters. The number of hydrogen-bond acceptors (Lipinski definition) is 6. The van der Waals surface area contributed by atoms with E-state index in [0.717, 1.165) is 22.5 Å². The van der Waals surface area contributed by atoms with E-state index < -0.39 is 0 Å². The quantitative estimate of drug-likeness (QED) is 0.676. The van der Waals surface area contributed by atoms with Gasteiger partial charge in [0.1, 0.15) is 5.52 Å². The zero-order valence-corrected chi connectivity index (χ0v) is 12.8. The smallest absolute Gasteiger partial charge is 0.308 e. The largest absolute Gasteiger partial charge is 0.456 e. The van der Waals surface area contributed by atoms with Gasteiger partial charge in [0.15, 0.2) is 12.2 Å². The second-order valence-corrected chi connectivity index (χ2v) is 5.60. The predicted molar refractivity (Wildman–Crippen MR) is 81.7 cm³/mol. The number of esters is 1. The average Bonchev–Trinajstić information content (AvgIpc) is 3.07. The first kappa shape index (κ1) is 14.5. The molecule has 0 amide bonds. The minimum absolute atomic E-state index is 0.00890. The van der Waals surface area contributed by atoms with Crippen molar-refractivity contribution in [1.29, 1.82) is 0 Å². The minimum atomic E-state index is -0.389. The minimum Gasteiger partial charge on any atom is -0.456 e. The Balaban J connectivity index is 1.55. The summed E-state index contributed by atoms with van der Waals surface area (Å²) in [5.74, 6) is -0.0295. The zero-order valence-electron chi connectivity index (χ0n) is 11.9. The molecule has 2 aromatic heterocycles. The van der Waals surface area contributed by atoms with Gasteiger partial charge in [-0.15, -0.1) is 0 Å². The molecule has 2 heterocycles. The second-order valence-electron chi connectivity index (χ2n) is 4.78. The Labute approximate surface area is 130 Å². The number of thiazole rings is 1. The number of aromatic nitrogens is 2. The maximum Gasteiger partial charge on any atom is 0.308 e. The van der Waals surface area contributed by atoms with Crippen LogP contribution in [0.1, 0.15) is 18.0 Å². The Kier molecular flexibility index (Phi) is 4.06. The Morgan fingerprint density at radius 2 is 2.23 bits per heavy atom. The van der Waals surface area contributed by atoms with Crippen molar-refractivity contribution in [2.75, 3.05) is 0 Å². The molecule has 0 N–H and O–H groups in total. The first-order chi connectivity index (χ1) is 10.6. The average molecular weight is 318 g/mol. The SMILES string of the molecule is Cc1csc(=O)n1CCC(=O)OCc1nc2ccccc2o1. The van der Waals surface area contributed by atoms with Crippen molar-refractivity contribution >= 4 is 28.4 Å². The predicted octanol–water partition coefficient (Wildman–Crippen LogP) is 2.49. The Bertz CT molecular complexity index is 829. The molecule has 114 valence electrons. The van der Waals surface area contributed by atoms with Gasteiger partial charge in [-0.1, -0.05) is 23.5 Å². The first-order valence-corrected chi connectivity index (χ1v) is 7.66. The molecule has 0 saturated carbocycles. The molecule has 0 spiro atoms. The van der Waals surface area contributed by atoms with Crippen LogP contribution in [0.2, 0.25) is 0 Å². The van der Waals surface area contributed by atoms with Gasteiger partial charge in [0.25, 0.3) is 0 Å². The van der Waals surface area contributed by atoms with Gasteiger partial charge in [-0.25, -0.2) is 4.98 Å². The third-order valence-corrected chi connectivity index (χ3v) is 4.09. The highest BCUT2D eigenvalue weighted by Crippen LogP contribution is 2.15. The van der Waals surface area contributed by atoms with Crippen LogP contribution in [-0.2, 0) is 22.7 Å². The van der Waals surface area contributed by atoms with Crippen LogP contribution < -0.4 is 4.87 Å². The summed E-state index contributed by atoms with van der Waals surface area (Å²) in [7, 11) is 0. The van der Waals surface area contributed by atoms with E-state index in [2.05, 4.69) is 4.98 Å². The summed E-state index contributed by atoms with van der Waals surface area (Å²) < 4.78 is 12.2. The number of ether oxygens (including phenoxy) is 1. The number of rotatable bonds is 5. The van der Waals surface area contributed by atoms with Crippen molar-refractivity contribution in [3.63, 3.8) is 0 Å². The molecule has 0 atom stereocenters. The lowest BCUT2D eigenvalue weighted by atomic mass is 10.3. The van der Waals surface area contributed by atoms with Crippen molar-refractivity contribution in [3.05, 3.63) is 50.9 Å². The monoisotopic (exact) mass is 318 g/mol. The number of aryl methyl sites for hydroxylation is 1. The van der Waals surface area contributed by atoms with Crippen LogP contribution in [0.25, 0.3) is 11.1 Å². The van der Waals surface area contributed by atoms with E-state index >= 15 is 0 Å². The van der Waals surface area contributed by atoms with Gasteiger partial charge in [0, 0.05) is 17.6 Å². The third kappa shape index (κ3) is 3.09. The molecule has 0 aliphatic rings. The zero-order chi connectivity index (χ0) is 15.5. The van der Waals surface area contributed by atoms with Gasteiger partial charge in [-0.3, -0.25) is 9.59 Å². The number of benzene rings is 1. The van der Waals surface area contributed by atoms with Crippen LogP contribution in [0.15, 0.2) is 38.9 Å². The van der Waals surface area contributed by atoms with Crippen LogP contribution in [-0.4, -0.2) is 15.5 Å². The van der Waals surface area contributed by atoms with E-state index in [1.807, 2.05) is 25.1 Å². The van der Waals surface area contributed by atoms with E-state index in [4.69, 9.17) is 9.15 Å². The molecule has 0 aliphatic heterocycles. The summed E-state index contributed by atoms with van der Waals surface area (Å²) in [6, 6.07) is 7.35. The van der Waals surface area contributed by atoms with Crippen LogP contribution in [0.4, 0.5) is 0 Å². The molecular weight excluding hydrogens is 304 g/mol. The van der Waals surface area contributed by atoms with Crippen LogP contribution >= 0.6 is 11.3 Å². The molecule has 3 rings (SSSR count). The second kappa shape index (κ2) is 6.15. The number of hydrogen-bond donors (Lipinski definition) is 0. The van der Waals surface area contributed by atoms with Crippen LogP contribution in [0, 0.1) is 6.92 Å². The van der Waals surface area contributed by atoms with Crippen molar-refractivity contribution in [2.45, 2.75) is 26.5 Å². The highest BCUT2D eigenvalue weighted by Gasteiger charge is 2.10. The van der Waals surface area contributed by atoms with Crippen molar-refractivity contribution < 1.29 is 13.9 Å². The topological polar surface area (TPSA) is 74.3 Å². The summed E-state index contributed by atoms with van der Waals surface area (Å²) in [5, 5.41) is 1.77. The molecule has 1 aromatic carbocycles. The standard InChI is InChI=1S/C15H14N2O4S/c1-10-9-22-15(19)17(10)7-6-14(18)20-8-13-16-11-4-2-3-5-12(11)21-13/h2-5,9H,6-8H2,1H3. The van der Waals surface area contributed by atoms with Gasteiger partial charge in [0.2, 0.25) is 5.89 Å².